The number of aromatic nitrogens is 2. The van der Waals surface area contributed by atoms with Crippen molar-refractivity contribution in [3.63, 3.8) is 0 Å². The van der Waals surface area contributed by atoms with Gasteiger partial charge in [0.15, 0.2) is 0 Å². The molecule has 1 aromatic heterocycles. The fraction of sp³-hybridized carbons (Fsp3) is 0.231. The molecule has 2 aromatic rings. The summed E-state index contributed by atoms with van der Waals surface area (Å²) in [7, 11) is 0. The molecule has 0 aliphatic rings. The van der Waals surface area contributed by atoms with Crippen molar-refractivity contribution in [1.82, 2.24) is 9.78 Å². The summed E-state index contributed by atoms with van der Waals surface area (Å²) in [5.41, 5.74) is 7.52. The van der Waals surface area contributed by atoms with Crippen molar-refractivity contribution < 1.29 is 13.9 Å². The number of rotatable bonds is 4. The summed E-state index contributed by atoms with van der Waals surface area (Å²) in [5.74, 6) is -0.267. The Morgan fingerprint density at radius 2 is 2.11 bits per heavy atom. The molecule has 0 aliphatic heterocycles. The highest BCUT2D eigenvalue weighted by Crippen LogP contribution is 2.11. The maximum atomic E-state index is 12.8. The third-order valence-corrected chi connectivity index (χ3v) is 2.82. The summed E-state index contributed by atoms with van der Waals surface area (Å²) < 4.78 is 19.3. The van der Waals surface area contributed by atoms with Gasteiger partial charge in [0.1, 0.15) is 12.4 Å². The number of hydrogen-bond acceptors (Lipinski definition) is 3. The van der Waals surface area contributed by atoms with Crippen LogP contribution in [-0.2, 0) is 17.9 Å². The average Bonchev–Trinajstić information content (AvgIpc) is 2.71. The Balaban J connectivity index is 2.09. The molecular formula is C13H14FN3O2. The Bertz CT molecular complexity index is 578. The zero-order valence-electron chi connectivity index (χ0n) is 10.5. The predicted molar refractivity (Wildman–Crippen MR) is 66.8 cm³/mol. The number of carbonyl (C=O) groups is 1. The second kappa shape index (κ2) is 5.51. The van der Waals surface area contributed by atoms with Crippen LogP contribution in [0.5, 0.6) is 0 Å². The van der Waals surface area contributed by atoms with Crippen molar-refractivity contribution >= 4 is 6.09 Å². The molecule has 100 valence electrons. The van der Waals surface area contributed by atoms with E-state index in [4.69, 9.17) is 10.5 Å². The molecule has 1 aromatic carbocycles. The van der Waals surface area contributed by atoms with Crippen LogP contribution in [0.2, 0.25) is 0 Å². The van der Waals surface area contributed by atoms with Crippen molar-refractivity contribution in [3.8, 4) is 0 Å². The number of benzene rings is 1. The van der Waals surface area contributed by atoms with Gasteiger partial charge in [-0.2, -0.15) is 5.10 Å². The van der Waals surface area contributed by atoms with Crippen LogP contribution in [0.15, 0.2) is 30.5 Å². The number of halogens is 1. The van der Waals surface area contributed by atoms with Crippen LogP contribution in [0, 0.1) is 12.7 Å². The van der Waals surface area contributed by atoms with Gasteiger partial charge < -0.3 is 10.5 Å². The molecule has 1 amide bonds. The molecule has 1 heterocycles. The summed E-state index contributed by atoms with van der Waals surface area (Å²) in [4.78, 5) is 10.6. The third-order valence-electron chi connectivity index (χ3n) is 2.82. The smallest absolute Gasteiger partial charge is 0.404 e. The van der Waals surface area contributed by atoms with Crippen LogP contribution in [0.1, 0.15) is 16.8 Å². The Morgan fingerprint density at radius 3 is 2.74 bits per heavy atom. The first-order chi connectivity index (χ1) is 9.06. The molecule has 5 nitrogen and oxygen atoms in total. The lowest BCUT2D eigenvalue weighted by atomic mass is 10.2. The van der Waals surface area contributed by atoms with E-state index in [1.807, 2.05) is 6.92 Å². The first-order valence-corrected chi connectivity index (χ1v) is 5.74. The molecule has 19 heavy (non-hydrogen) atoms. The van der Waals surface area contributed by atoms with Crippen molar-refractivity contribution in [2.24, 2.45) is 5.73 Å². The molecule has 0 saturated carbocycles. The van der Waals surface area contributed by atoms with Gasteiger partial charge in [0.2, 0.25) is 0 Å². The van der Waals surface area contributed by atoms with Gasteiger partial charge >= 0.3 is 6.09 Å². The minimum atomic E-state index is -0.814. The zero-order valence-corrected chi connectivity index (χ0v) is 10.5. The number of amides is 1. The van der Waals surface area contributed by atoms with Gasteiger partial charge in [0, 0.05) is 11.3 Å². The molecule has 2 rings (SSSR count). The number of hydrogen-bond donors (Lipinski definition) is 1. The van der Waals surface area contributed by atoms with Crippen LogP contribution in [-0.4, -0.2) is 15.9 Å². The topological polar surface area (TPSA) is 70.1 Å². The van der Waals surface area contributed by atoms with Crippen molar-refractivity contribution in [2.45, 2.75) is 20.1 Å². The number of ether oxygens (including phenoxy) is 1. The average molecular weight is 263 g/mol. The summed E-state index contributed by atoms with van der Waals surface area (Å²) >= 11 is 0. The molecule has 0 bridgehead atoms. The van der Waals surface area contributed by atoms with E-state index in [0.29, 0.717) is 6.54 Å². The van der Waals surface area contributed by atoms with Gasteiger partial charge in [0.05, 0.1) is 12.7 Å². The molecule has 0 spiro atoms. The minimum absolute atomic E-state index is 0.102. The molecule has 0 radical (unpaired) electrons. The van der Waals surface area contributed by atoms with E-state index in [1.165, 1.54) is 12.1 Å². The fourth-order valence-electron chi connectivity index (χ4n) is 1.70. The molecule has 2 N–H and O–H groups in total. The maximum Gasteiger partial charge on any atom is 0.404 e. The summed E-state index contributed by atoms with van der Waals surface area (Å²) in [6.07, 6.45) is 0.813. The normalized spacial score (nSPS) is 10.4. The second-order valence-electron chi connectivity index (χ2n) is 4.15. The SMILES string of the molecule is Cc1c(COC(N)=O)cnn1Cc1ccc(F)cc1. The highest BCUT2D eigenvalue weighted by atomic mass is 19.1. The quantitative estimate of drug-likeness (QED) is 0.916. The summed E-state index contributed by atoms with van der Waals surface area (Å²) in [6, 6.07) is 6.22. The molecular weight excluding hydrogens is 249 g/mol. The van der Waals surface area contributed by atoms with E-state index in [0.717, 1.165) is 16.8 Å². The molecule has 0 saturated heterocycles. The highest BCUT2D eigenvalue weighted by Gasteiger charge is 2.08. The number of nitrogens with two attached hydrogens (primary N) is 1. The van der Waals surface area contributed by atoms with Crippen LogP contribution >= 0.6 is 0 Å². The monoisotopic (exact) mass is 263 g/mol. The van der Waals surface area contributed by atoms with Crippen LogP contribution in [0.3, 0.4) is 0 Å². The second-order valence-corrected chi connectivity index (χ2v) is 4.15. The standard InChI is InChI=1S/C13H14FN3O2/c1-9-11(8-19-13(15)18)6-16-17(9)7-10-2-4-12(14)5-3-10/h2-6H,7-8H2,1H3,(H2,15,18). The largest absolute Gasteiger partial charge is 0.445 e. The fourth-order valence-corrected chi connectivity index (χ4v) is 1.70. The van der Waals surface area contributed by atoms with E-state index in [1.54, 1.807) is 23.0 Å². The molecule has 0 aliphatic carbocycles. The van der Waals surface area contributed by atoms with Gasteiger partial charge in [-0.15, -0.1) is 0 Å². The number of primary amides is 1. The van der Waals surface area contributed by atoms with E-state index >= 15 is 0 Å². The van der Waals surface area contributed by atoms with E-state index in [2.05, 4.69) is 5.10 Å². The zero-order chi connectivity index (χ0) is 13.8. The van der Waals surface area contributed by atoms with E-state index in [9.17, 15) is 9.18 Å². The van der Waals surface area contributed by atoms with Gasteiger partial charge in [-0.25, -0.2) is 9.18 Å². The minimum Gasteiger partial charge on any atom is -0.445 e. The Kier molecular flexibility index (Phi) is 3.79. The first kappa shape index (κ1) is 13.1. The maximum absolute atomic E-state index is 12.8. The van der Waals surface area contributed by atoms with Crippen LogP contribution in [0.25, 0.3) is 0 Å². The molecule has 0 unspecified atom stereocenters. The molecule has 0 fully saturated rings. The van der Waals surface area contributed by atoms with Gasteiger partial charge in [-0.3, -0.25) is 4.68 Å². The van der Waals surface area contributed by atoms with Crippen molar-refractivity contribution in [1.29, 1.82) is 0 Å². The van der Waals surface area contributed by atoms with Gasteiger partial charge in [0.25, 0.3) is 0 Å². The molecule has 0 atom stereocenters. The summed E-state index contributed by atoms with van der Waals surface area (Å²) in [5, 5.41) is 4.20. The Morgan fingerprint density at radius 1 is 1.42 bits per heavy atom. The lowest BCUT2D eigenvalue weighted by molar-refractivity contribution is 0.150. The van der Waals surface area contributed by atoms with Gasteiger partial charge in [-0.05, 0) is 24.6 Å². The Labute approximate surface area is 109 Å². The lowest BCUT2D eigenvalue weighted by Crippen LogP contribution is -2.13. The summed E-state index contributed by atoms with van der Waals surface area (Å²) in [6.45, 7) is 2.50. The predicted octanol–water partition coefficient (Wildman–Crippen LogP) is 1.97. The Hall–Kier alpha value is -2.37. The van der Waals surface area contributed by atoms with Crippen LogP contribution < -0.4 is 5.73 Å². The van der Waals surface area contributed by atoms with Crippen LogP contribution in [0.4, 0.5) is 9.18 Å². The first-order valence-electron chi connectivity index (χ1n) is 5.74. The van der Waals surface area contributed by atoms with Gasteiger partial charge in [-0.1, -0.05) is 12.1 Å². The van der Waals surface area contributed by atoms with Crippen molar-refractivity contribution in [3.05, 3.63) is 53.1 Å². The third kappa shape index (κ3) is 3.31. The molecule has 6 heteroatoms. The number of carbonyl (C=O) groups excluding carboxylic acids is 1. The van der Waals surface area contributed by atoms with E-state index in [-0.39, 0.29) is 12.4 Å². The lowest BCUT2D eigenvalue weighted by Gasteiger charge is -2.06. The van der Waals surface area contributed by atoms with Crippen molar-refractivity contribution in [2.75, 3.05) is 0 Å². The van der Waals surface area contributed by atoms with E-state index < -0.39 is 6.09 Å². The highest BCUT2D eigenvalue weighted by molar-refractivity contribution is 5.64. The number of nitrogens with zero attached hydrogens (tertiary/aromatic N) is 2.